The van der Waals surface area contributed by atoms with Crippen LogP contribution in [0.3, 0.4) is 0 Å². The van der Waals surface area contributed by atoms with Crippen LogP contribution in [0.2, 0.25) is 5.02 Å². The van der Waals surface area contributed by atoms with Crippen molar-refractivity contribution in [2.24, 2.45) is 0 Å². The Labute approximate surface area is 226 Å². The van der Waals surface area contributed by atoms with Crippen LogP contribution in [-0.4, -0.2) is 11.0 Å². The molecule has 0 spiro atoms. The molecular formula is C33H28ClOP2+. The maximum atomic E-state index is 11.6. The molecule has 0 saturated carbocycles. The highest BCUT2D eigenvalue weighted by Crippen LogP contribution is 2.65. The van der Waals surface area contributed by atoms with Gasteiger partial charge in [0.05, 0.1) is 5.90 Å². The number of aliphatic hydroxyl groups is 1. The largest absolute Gasteiger partial charge is 0.504 e. The summed E-state index contributed by atoms with van der Waals surface area (Å²) >= 11 is 6.15. The van der Waals surface area contributed by atoms with Crippen LogP contribution in [0.5, 0.6) is 0 Å². The van der Waals surface area contributed by atoms with Crippen LogP contribution in [-0.2, 0) is 0 Å². The Kier molecular flexibility index (Phi) is 8.18. The lowest BCUT2D eigenvalue weighted by molar-refractivity contribution is 0.513. The minimum atomic E-state index is -2.24. The SMILES string of the molecule is O/C(=C\[P+](CP(c1ccccc1)c1ccccc1)(c1ccccc1)c1ccccc1)c1ccc(Cl)cc1. The number of aliphatic hydroxyl groups excluding tert-OH is 1. The fourth-order valence-corrected chi connectivity index (χ4v) is 13.3. The first kappa shape index (κ1) is 25.4. The summed E-state index contributed by atoms with van der Waals surface area (Å²) in [5.74, 6) is 3.35. The smallest absolute Gasteiger partial charge is 0.158 e. The number of benzene rings is 5. The van der Waals surface area contributed by atoms with Crippen molar-refractivity contribution in [3.8, 4) is 0 Å². The normalized spacial score (nSPS) is 12.0. The molecule has 0 aliphatic heterocycles. The van der Waals surface area contributed by atoms with Crippen molar-refractivity contribution in [2.75, 3.05) is 5.90 Å². The first-order valence-electron chi connectivity index (χ1n) is 12.2. The van der Waals surface area contributed by atoms with E-state index >= 15 is 0 Å². The molecule has 0 heterocycles. The van der Waals surface area contributed by atoms with E-state index in [2.05, 4.69) is 127 Å². The van der Waals surface area contributed by atoms with Crippen LogP contribution in [0.4, 0.5) is 0 Å². The van der Waals surface area contributed by atoms with Crippen molar-refractivity contribution < 1.29 is 5.11 Å². The number of hydrogen-bond donors (Lipinski definition) is 1. The predicted molar refractivity (Wildman–Crippen MR) is 165 cm³/mol. The summed E-state index contributed by atoms with van der Waals surface area (Å²) in [4.78, 5) is 0. The van der Waals surface area contributed by atoms with Crippen molar-refractivity contribution in [1.82, 2.24) is 0 Å². The molecule has 5 aromatic rings. The summed E-state index contributed by atoms with van der Waals surface area (Å²) in [5.41, 5.74) is 0.768. The van der Waals surface area contributed by atoms with Crippen molar-refractivity contribution in [2.45, 2.75) is 0 Å². The van der Waals surface area contributed by atoms with Crippen molar-refractivity contribution >= 4 is 53.8 Å². The Morgan fingerprint density at radius 3 is 1.43 bits per heavy atom. The molecule has 0 aromatic heterocycles. The van der Waals surface area contributed by atoms with Gasteiger partial charge in [-0.05, 0) is 67.1 Å². The average Bonchev–Trinajstić information content (AvgIpc) is 2.97. The molecule has 4 heteroatoms. The zero-order chi connectivity index (χ0) is 25.5. The summed E-state index contributed by atoms with van der Waals surface area (Å²) in [7, 11) is -2.96. The van der Waals surface area contributed by atoms with Gasteiger partial charge in [0.25, 0.3) is 0 Å². The number of halogens is 1. The lowest BCUT2D eigenvalue weighted by atomic mass is 10.2. The molecule has 0 fully saturated rings. The second-order valence-corrected chi connectivity index (χ2v) is 15.3. The summed E-state index contributed by atoms with van der Waals surface area (Å²) in [5, 5.41) is 17.4. The first-order valence-corrected chi connectivity index (χ1v) is 16.1. The van der Waals surface area contributed by atoms with Crippen LogP contribution in [0.25, 0.3) is 5.76 Å². The lowest BCUT2D eigenvalue weighted by Crippen LogP contribution is -2.26. The maximum absolute atomic E-state index is 11.6. The minimum Gasteiger partial charge on any atom is -0.504 e. The minimum absolute atomic E-state index is 0.286. The van der Waals surface area contributed by atoms with E-state index in [1.165, 1.54) is 21.2 Å². The fourth-order valence-electron chi connectivity index (χ4n) is 4.55. The van der Waals surface area contributed by atoms with Crippen molar-refractivity contribution in [3.05, 3.63) is 162 Å². The molecule has 0 atom stereocenters. The van der Waals surface area contributed by atoms with Gasteiger partial charge in [0, 0.05) is 10.6 Å². The van der Waals surface area contributed by atoms with E-state index in [-0.39, 0.29) is 5.76 Å². The molecule has 1 N–H and O–H groups in total. The Morgan fingerprint density at radius 2 is 1.00 bits per heavy atom. The summed E-state index contributed by atoms with van der Waals surface area (Å²) in [6.45, 7) is 0. The predicted octanol–water partition coefficient (Wildman–Crippen LogP) is 7.96. The zero-order valence-electron chi connectivity index (χ0n) is 20.4. The highest BCUT2D eigenvalue weighted by molar-refractivity contribution is 8.00. The van der Waals surface area contributed by atoms with Crippen molar-refractivity contribution in [3.63, 3.8) is 0 Å². The van der Waals surface area contributed by atoms with Gasteiger partial charge in [-0.15, -0.1) is 0 Å². The average molecular weight is 538 g/mol. The zero-order valence-corrected chi connectivity index (χ0v) is 22.9. The molecule has 0 aliphatic rings. The Balaban J connectivity index is 1.76. The second-order valence-electron chi connectivity index (χ2n) is 8.80. The fraction of sp³-hybridized carbons (Fsp3) is 0.0303. The highest BCUT2D eigenvalue weighted by atomic mass is 35.5. The third-order valence-corrected chi connectivity index (χ3v) is 14.6. The van der Waals surface area contributed by atoms with Gasteiger partial charge >= 0.3 is 0 Å². The standard InChI is InChI=1S/C33H27ClOP2/c34-28-23-21-27(22-24-28)33(35)25-37(31-17-9-3-10-18-31,32-19-11-4-12-20-32)26-36(29-13-5-1-6-14-29)30-15-7-2-8-16-30/h1-25H,26H2/p+1/b33-25-. The van der Waals surface area contributed by atoms with E-state index in [0.29, 0.717) is 5.02 Å². The van der Waals surface area contributed by atoms with Gasteiger partial charge in [0.2, 0.25) is 0 Å². The molecule has 0 unspecified atom stereocenters. The summed E-state index contributed by atoms with van der Waals surface area (Å²) in [6, 6.07) is 50.4. The highest BCUT2D eigenvalue weighted by Gasteiger charge is 2.45. The van der Waals surface area contributed by atoms with E-state index in [9.17, 15) is 5.11 Å². The topological polar surface area (TPSA) is 20.2 Å². The van der Waals surface area contributed by atoms with E-state index in [4.69, 9.17) is 11.6 Å². The van der Waals surface area contributed by atoms with Gasteiger partial charge in [-0.25, -0.2) is 0 Å². The molecule has 182 valence electrons. The third-order valence-electron chi connectivity index (χ3n) is 6.42. The van der Waals surface area contributed by atoms with Crippen LogP contribution in [0, 0.1) is 0 Å². The molecule has 1 nitrogen and oxygen atoms in total. The quantitative estimate of drug-likeness (QED) is 0.157. The van der Waals surface area contributed by atoms with Gasteiger partial charge < -0.3 is 5.11 Å². The summed E-state index contributed by atoms with van der Waals surface area (Å²) < 4.78 is 0. The van der Waals surface area contributed by atoms with E-state index in [1.807, 2.05) is 24.3 Å². The lowest BCUT2D eigenvalue weighted by Gasteiger charge is -2.29. The Hall–Kier alpha value is -3.21. The molecule has 5 aromatic carbocycles. The van der Waals surface area contributed by atoms with Gasteiger partial charge in [0.1, 0.15) is 23.7 Å². The van der Waals surface area contributed by atoms with E-state index in [1.54, 1.807) is 0 Å². The Bertz CT molecular complexity index is 1360. The number of hydrogen-bond acceptors (Lipinski definition) is 1. The molecule has 0 radical (unpaired) electrons. The van der Waals surface area contributed by atoms with Crippen LogP contribution in [0.15, 0.2) is 151 Å². The monoisotopic (exact) mass is 537 g/mol. The molecule has 0 aliphatic carbocycles. The van der Waals surface area contributed by atoms with Crippen molar-refractivity contribution in [1.29, 1.82) is 0 Å². The molecule has 0 amide bonds. The van der Waals surface area contributed by atoms with Crippen LogP contribution < -0.4 is 21.2 Å². The van der Waals surface area contributed by atoms with Crippen LogP contribution >= 0.6 is 26.8 Å². The van der Waals surface area contributed by atoms with Crippen LogP contribution in [0.1, 0.15) is 5.56 Å². The summed E-state index contributed by atoms with van der Waals surface area (Å²) in [6.07, 6.45) is 0. The second kappa shape index (κ2) is 11.9. The third kappa shape index (κ3) is 5.87. The molecule has 0 saturated heterocycles. The van der Waals surface area contributed by atoms with Gasteiger partial charge in [-0.3, -0.25) is 0 Å². The Morgan fingerprint density at radius 1 is 0.595 bits per heavy atom. The molecule has 37 heavy (non-hydrogen) atoms. The van der Waals surface area contributed by atoms with Gasteiger partial charge in [-0.1, -0.05) is 109 Å². The maximum Gasteiger partial charge on any atom is 0.158 e. The number of rotatable bonds is 8. The molecular weight excluding hydrogens is 510 g/mol. The van der Waals surface area contributed by atoms with Gasteiger partial charge in [0.15, 0.2) is 5.76 Å². The first-order chi connectivity index (χ1) is 18.2. The molecule has 0 bridgehead atoms. The van der Waals surface area contributed by atoms with Gasteiger partial charge in [-0.2, -0.15) is 0 Å². The van der Waals surface area contributed by atoms with E-state index < -0.39 is 15.2 Å². The molecule has 5 rings (SSSR count). The van der Waals surface area contributed by atoms with E-state index in [0.717, 1.165) is 11.5 Å².